The predicted molar refractivity (Wildman–Crippen MR) is 169 cm³/mol. The number of rotatable bonds is 10. The maximum Gasteiger partial charge on any atom is 0.322 e. The Morgan fingerprint density at radius 3 is 2.61 bits per heavy atom. The summed E-state index contributed by atoms with van der Waals surface area (Å²) in [6, 6.07) is 9.50. The summed E-state index contributed by atoms with van der Waals surface area (Å²) < 4.78 is 38.6. The Kier molecular flexibility index (Phi) is 8.91. The quantitative estimate of drug-likeness (QED) is 0.166. The second-order valence-corrected chi connectivity index (χ2v) is 13.9. The van der Waals surface area contributed by atoms with Gasteiger partial charge in [-0.15, -0.1) is 0 Å². The van der Waals surface area contributed by atoms with E-state index in [1.807, 2.05) is 26.1 Å². The van der Waals surface area contributed by atoms with E-state index in [9.17, 15) is 18.3 Å². The summed E-state index contributed by atoms with van der Waals surface area (Å²) in [6.45, 7) is 7.53. The number of anilines is 4. The van der Waals surface area contributed by atoms with Gasteiger partial charge in [-0.1, -0.05) is 23.7 Å². The van der Waals surface area contributed by atoms with E-state index in [-0.39, 0.29) is 45.7 Å². The van der Waals surface area contributed by atoms with Crippen LogP contribution in [-0.2, 0) is 19.4 Å². The summed E-state index contributed by atoms with van der Waals surface area (Å²) in [5.74, 6) is 0.561. The van der Waals surface area contributed by atoms with Gasteiger partial charge in [0.05, 0.1) is 47.0 Å². The van der Waals surface area contributed by atoms with Crippen molar-refractivity contribution in [3.8, 4) is 11.6 Å². The van der Waals surface area contributed by atoms with Crippen molar-refractivity contribution < 1.29 is 27.8 Å². The van der Waals surface area contributed by atoms with Crippen LogP contribution in [0.25, 0.3) is 10.8 Å². The number of halogens is 1. The fraction of sp³-hybridized carbons (Fsp3) is 0.367. The molecule has 0 saturated carbocycles. The zero-order chi connectivity index (χ0) is 31.8. The molecule has 4 N–H and O–H groups in total. The van der Waals surface area contributed by atoms with Crippen LogP contribution in [0.3, 0.4) is 0 Å². The van der Waals surface area contributed by atoms with Crippen molar-refractivity contribution in [3.05, 3.63) is 53.8 Å². The molecule has 4 aromatic rings. The molecule has 5 rings (SSSR count). The number of methoxy groups -OCH3 is 1. The molecule has 2 atom stereocenters. The van der Waals surface area contributed by atoms with Crippen molar-refractivity contribution >= 4 is 61.3 Å². The van der Waals surface area contributed by atoms with Crippen LogP contribution in [0, 0.1) is 0 Å². The summed E-state index contributed by atoms with van der Waals surface area (Å²) in [7, 11) is -2.24. The van der Waals surface area contributed by atoms with Crippen molar-refractivity contribution in [1.82, 2.24) is 19.9 Å². The topological polar surface area (TPSA) is 157 Å². The Labute approximate surface area is 260 Å². The number of hydrogen-bond acceptors (Lipinski definition) is 11. The van der Waals surface area contributed by atoms with Crippen molar-refractivity contribution in [2.75, 3.05) is 24.3 Å². The number of benzene rings is 2. The van der Waals surface area contributed by atoms with Crippen LogP contribution in [0.1, 0.15) is 40.2 Å². The number of carbonyl (C=O) groups excluding carboxylic acids is 1. The molecule has 0 radical (unpaired) electrons. The van der Waals surface area contributed by atoms with Gasteiger partial charge in [0, 0.05) is 23.5 Å². The number of aromatic nitrogens is 3. The number of nitrogens with one attached hydrogen (secondary N) is 3. The highest BCUT2D eigenvalue weighted by molar-refractivity contribution is 7.92. The first-order valence-corrected chi connectivity index (χ1v) is 16.1. The molecule has 3 heterocycles. The molecule has 0 aliphatic carbocycles. The number of nitrogens with zero attached hydrogens (tertiary/aromatic N) is 3. The Balaban J connectivity index is 1.48. The van der Waals surface area contributed by atoms with Crippen molar-refractivity contribution in [3.63, 3.8) is 0 Å². The third-order valence-electron chi connectivity index (χ3n) is 7.32. The average Bonchev–Trinajstić information content (AvgIpc) is 3.59. The molecule has 44 heavy (non-hydrogen) atoms. The van der Waals surface area contributed by atoms with Crippen molar-refractivity contribution in [2.45, 2.75) is 62.4 Å². The van der Waals surface area contributed by atoms with Crippen LogP contribution in [0.5, 0.6) is 11.6 Å². The van der Waals surface area contributed by atoms with E-state index in [0.29, 0.717) is 35.5 Å². The molecule has 1 aliphatic heterocycles. The lowest BCUT2D eigenvalue weighted by atomic mass is 10.1. The molecule has 1 aliphatic rings. The fourth-order valence-electron chi connectivity index (χ4n) is 5.06. The minimum absolute atomic E-state index is 0.0406. The van der Waals surface area contributed by atoms with E-state index in [1.54, 1.807) is 42.7 Å². The number of esters is 1. The number of carbonyl (C=O) groups is 1. The SMILES string of the molecule is COC(=O)[C@@H]1CC(n2cc3cc(OC(C)C)c(Nc4ncc(Cl)c(Nc5ccccc5S(=O)(=O)C(C)C)n4)cc3c2O)CN1. The first-order valence-electron chi connectivity index (χ1n) is 14.1. The summed E-state index contributed by atoms with van der Waals surface area (Å²) in [5.41, 5.74) is 0.826. The molecule has 1 unspecified atom stereocenters. The smallest absolute Gasteiger partial charge is 0.322 e. The maximum absolute atomic E-state index is 13.0. The van der Waals surface area contributed by atoms with Gasteiger partial charge in [-0.3, -0.25) is 4.79 Å². The zero-order valence-corrected chi connectivity index (χ0v) is 26.5. The van der Waals surface area contributed by atoms with Crippen molar-refractivity contribution in [1.29, 1.82) is 0 Å². The van der Waals surface area contributed by atoms with Gasteiger partial charge in [0.25, 0.3) is 0 Å². The molecule has 1 fully saturated rings. The van der Waals surface area contributed by atoms with Crippen LogP contribution >= 0.6 is 11.6 Å². The number of ether oxygens (including phenoxy) is 2. The monoisotopic (exact) mass is 642 g/mol. The Hall–Kier alpha value is -4.07. The molecule has 0 spiro atoms. The average molecular weight is 643 g/mol. The van der Waals surface area contributed by atoms with E-state index < -0.39 is 21.1 Å². The summed E-state index contributed by atoms with van der Waals surface area (Å²) in [5, 5.41) is 21.4. The molecule has 0 amide bonds. The highest BCUT2D eigenvalue weighted by Crippen LogP contribution is 2.40. The van der Waals surface area contributed by atoms with E-state index in [1.165, 1.54) is 19.4 Å². The van der Waals surface area contributed by atoms with Crippen LogP contribution in [0.4, 0.5) is 23.1 Å². The van der Waals surface area contributed by atoms with E-state index in [2.05, 4.69) is 25.9 Å². The number of fused-ring (bicyclic) bond motifs is 1. The number of aromatic hydroxyl groups is 1. The van der Waals surface area contributed by atoms with Crippen molar-refractivity contribution in [2.24, 2.45) is 0 Å². The molecular weight excluding hydrogens is 608 g/mol. The number of sulfone groups is 1. The van der Waals surface area contributed by atoms with Gasteiger partial charge in [-0.05, 0) is 58.4 Å². The summed E-state index contributed by atoms with van der Waals surface area (Å²) in [6.07, 6.45) is 3.54. The summed E-state index contributed by atoms with van der Waals surface area (Å²) in [4.78, 5) is 21.0. The standard InChI is InChI=1S/C30H35ClN6O6S/c1-16(2)43-25-10-18-15-37(19-11-24(32-13-19)29(39)42-5)28(38)20(18)12-23(25)35-30-33-14-21(31)27(36-30)34-22-8-6-7-9-26(22)44(40,41)17(3)4/h6-10,12,14-17,19,24,32,38H,11,13H2,1-5H3,(H2,33,34,35,36)/t19?,24-/m0/s1. The van der Waals surface area contributed by atoms with Gasteiger partial charge in [-0.2, -0.15) is 4.98 Å². The molecule has 2 aromatic carbocycles. The first-order chi connectivity index (χ1) is 20.9. The second kappa shape index (κ2) is 12.5. The fourth-order valence-corrected chi connectivity index (χ4v) is 6.40. The van der Waals surface area contributed by atoms with E-state index in [0.717, 1.165) is 5.39 Å². The summed E-state index contributed by atoms with van der Waals surface area (Å²) >= 11 is 6.42. The molecule has 0 bridgehead atoms. The van der Waals surface area contributed by atoms with E-state index >= 15 is 0 Å². The van der Waals surface area contributed by atoms with Crippen LogP contribution in [0.2, 0.25) is 5.02 Å². The normalized spacial score (nSPS) is 16.9. The lowest BCUT2D eigenvalue weighted by Crippen LogP contribution is -2.31. The van der Waals surface area contributed by atoms with Gasteiger partial charge >= 0.3 is 5.97 Å². The molecule has 12 nitrogen and oxygen atoms in total. The van der Waals surface area contributed by atoms with Gasteiger partial charge in [-0.25, -0.2) is 13.4 Å². The van der Waals surface area contributed by atoms with Gasteiger partial charge in [0.2, 0.25) is 5.95 Å². The number of para-hydroxylation sites is 1. The van der Waals surface area contributed by atoms with Crippen LogP contribution < -0.4 is 20.7 Å². The van der Waals surface area contributed by atoms with E-state index in [4.69, 9.17) is 21.1 Å². The first kappa shape index (κ1) is 31.4. The van der Waals surface area contributed by atoms with Crippen LogP contribution in [0.15, 0.2) is 53.7 Å². The largest absolute Gasteiger partial charge is 0.494 e. The molecule has 1 saturated heterocycles. The molecule has 2 aromatic heterocycles. The third kappa shape index (κ3) is 6.26. The predicted octanol–water partition coefficient (Wildman–Crippen LogP) is 5.32. The maximum atomic E-state index is 13.0. The van der Waals surface area contributed by atoms with Crippen LogP contribution in [-0.4, -0.2) is 65.1 Å². The minimum Gasteiger partial charge on any atom is -0.494 e. The minimum atomic E-state index is -3.59. The van der Waals surface area contributed by atoms with Gasteiger partial charge in [0.15, 0.2) is 21.5 Å². The zero-order valence-electron chi connectivity index (χ0n) is 25.0. The Morgan fingerprint density at radius 2 is 1.91 bits per heavy atom. The highest BCUT2D eigenvalue weighted by Gasteiger charge is 2.32. The highest BCUT2D eigenvalue weighted by atomic mass is 35.5. The third-order valence-corrected chi connectivity index (χ3v) is 9.81. The lowest BCUT2D eigenvalue weighted by Gasteiger charge is -2.17. The lowest BCUT2D eigenvalue weighted by molar-refractivity contribution is -0.142. The van der Waals surface area contributed by atoms with Gasteiger partial charge < -0.3 is 35.1 Å². The number of hydrogen-bond donors (Lipinski definition) is 4. The van der Waals surface area contributed by atoms with Gasteiger partial charge in [0.1, 0.15) is 16.8 Å². The molecule has 234 valence electrons. The Bertz CT molecular complexity index is 1810. The molecular formula is C30H35ClN6O6S. The molecule has 14 heteroatoms. The Morgan fingerprint density at radius 1 is 1.16 bits per heavy atom. The second-order valence-electron chi connectivity index (χ2n) is 11.1.